The fourth-order valence-corrected chi connectivity index (χ4v) is 1.42. The molecule has 1 N–H and O–H groups in total. The van der Waals surface area contributed by atoms with Crippen molar-refractivity contribution in [2.45, 2.75) is 33.1 Å². The van der Waals surface area contributed by atoms with Crippen molar-refractivity contribution in [2.75, 3.05) is 33.4 Å². The normalized spacial score (nSPS) is 10.1. The van der Waals surface area contributed by atoms with Crippen LogP contribution in [0, 0.1) is 0 Å². The summed E-state index contributed by atoms with van der Waals surface area (Å²) in [7, 11) is 1.64. The summed E-state index contributed by atoms with van der Waals surface area (Å²) < 4.78 is 4.93. The molecule has 2 amide bonds. The molecule has 0 saturated carbocycles. The zero-order chi connectivity index (χ0) is 13.1. The highest BCUT2D eigenvalue weighted by Gasteiger charge is 2.10. The Morgan fingerprint density at radius 3 is 2.53 bits per heavy atom. The molecule has 0 aromatic heterocycles. The summed E-state index contributed by atoms with van der Waals surface area (Å²) in [6, 6.07) is 0. The third-order valence-corrected chi connectivity index (χ3v) is 2.40. The van der Waals surface area contributed by atoms with Crippen LogP contribution >= 0.6 is 0 Å². The Bertz CT molecular complexity index is 232. The number of methoxy groups -OCH3 is 1. The van der Waals surface area contributed by atoms with Crippen molar-refractivity contribution in [2.24, 2.45) is 0 Å². The van der Waals surface area contributed by atoms with E-state index in [0.717, 1.165) is 12.8 Å². The van der Waals surface area contributed by atoms with Crippen molar-refractivity contribution in [1.29, 1.82) is 0 Å². The molecule has 0 atom stereocenters. The maximum atomic E-state index is 11.4. The summed E-state index contributed by atoms with van der Waals surface area (Å²) in [6.45, 7) is 5.98. The molecule has 0 aliphatic rings. The second kappa shape index (κ2) is 10.1. The molecule has 0 aliphatic heterocycles. The number of rotatable bonds is 9. The Kier molecular flexibility index (Phi) is 9.43. The number of carbonyl (C=O) groups excluding carboxylic acids is 2. The first-order valence-corrected chi connectivity index (χ1v) is 6.13. The van der Waals surface area contributed by atoms with Gasteiger partial charge in [-0.3, -0.25) is 9.59 Å². The summed E-state index contributed by atoms with van der Waals surface area (Å²) >= 11 is 0. The minimum absolute atomic E-state index is 0.00407. The van der Waals surface area contributed by atoms with Crippen LogP contribution in [0.2, 0.25) is 0 Å². The van der Waals surface area contributed by atoms with E-state index in [4.69, 9.17) is 4.74 Å². The number of ether oxygens (including phenoxy) is 1. The first-order valence-electron chi connectivity index (χ1n) is 6.13. The molecule has 0 heterocycles. The average Bonchev–Trinajstić information content (AvgIpc) is 2.30. The molecule has 0 unspecified atom stereocenters. The van der Waals surface area contributed by atoms with E-state index in [1.807, 2.05) is 6.92 Å². The lowest BCUT2D eigenvalue weighted by atomic mass is 10.3. The third-order valence-electron chi connectivity index (χ3n) is 2.40. The SMILES string of the molecule is CCCNC(=O)CCN(CCCOC)C(C)=O. The molecule has 5 heteroatoms. The standard InChI is InChI=1S/C12H24N2O3/c1-4-7-13-12(16)6-9-14(11(2)15)8-5-10-17-3/h4-10H2,1-3H3,(H,13,16). The summed E-state index contributed by atoms with van der Waals surface area (Å²) in [5.41, 5.74) is 0. The van der Waals surface area contributed by atoms with E-state index < -0.39 is 0 Å². The number of hydrogen-bond acceptors (Lipinski definition) is 3. The smallest absolute Gasteiger partial charge is 0.221 e. The first kappa shape index (κ1) is 15.9. The number of carbonyl (C=O) groups is 2. The van der Waals surface area contributed by atoms with Crippen LogP contribution in [0.15, 0.2) is 0 Å². The molecular weight excluding hydrogens is 220 g/mol. The van der Waals surface area contributed by atoms with E-state index in [9.17, 15) is 9.59 Å². The molecule has 0 aromatic rings. The second-order valence-corrected chi connectivity index (χ2v) is 3.95. The van der Waals surface area contributed by atoms with Gasteiger partial charge in [0, 0.05) is 46.7 Å². The van der Waals surface area contributed by atoms with Crippen molar-refractivity contribution in [3.8, 4) is 0 Å². The largest absolute Gasteiger partial charge is 0.385 e. The van der Waals surface area contributed by atoms with Crippen molar-refractivity contribution in [3.05, 3.63) is 0 Å². The lowest BCUT2D eigenvalue weighted by molar-refractivity contribution is -0.129. The summed E-state index contributed by atoms with van der Waals surface area (Å²) in [5.74, 6) is 0.00855. The molecule has 0 aliphatic carbocycles. The van der Waals surface area contributed by atoms with Gasteiger partial charge in [0.2, 0.25) is 11.8 Å². The van der Waals surface area contributed by atoms with Gasteiger partial charge in [-0.25, -0.2) is 0 Å². The molecular formula is C12H24N2O3. The maximum Gasteiger partial charge on any atom is 0.221 e. The lowest BCUT2D eigenvalue weighted by Gasteiger charge is -2.20. The van der Waals surface area contributed by atoms with Crippen LogP contribution in [0.5, 0.6) is 0 Å². The van der Waals surface area contributed by atoms with Crippen LogP contribution < -0.4 is 5.32 Å². The number of amides is 2. The maximum absolute atomic E-state index is 11.4. The van der Waals surface area contributed by atoms with E-state index in [2.05, 4.69) is 5.32 Å². The minimum Gasteiger partial charge on any atom is -0.385 e. The van der Waals surface area contributed by atoms with E-state index >= 15 is 0 Å². The zero-order valence-corrected chi connectivity index (χ0v) is 11.1. The molecule has 0 aromatic carbocycles. The molecule has 17 heavy (non-hydrogen) atoms. The Hall–Kier alpha value is -1.10. The Labute approximate surface area is 103 Å². The van der Waals surface area contributed by atoms with Crippen LogP contribution in [0.4, 0.5) is 0 Å². The van der Waals surface area contributed by atoms with Crippen LogP contribution in [0.25, 0.3) is 0 Å². The zero-order valence-electron chi connectivity index (χ0n) is 11.1. The van der Waals surface area contributed by atoms with Gasteiger partial charge < -0.3 is 15.0 Å². The Morgan fingerprint density at radius 1 is 1.29 bits per heavy atom. The van der Waals surface area contributed by atoms with Gasteiger partial charge in [-0.2, -0.15) is 0 Å². The highest BCUT2D eigenvalue weighted by molar-refractivity contribution is 5.77. The summed E-state index contributed by atoms with van der Waals surface area (Å²) in [6.07, 6.45) is 2.09. The predicted molar refractivity (Wildman–Crippen MR) is 66.7 cm³/mol. The molecule has 0 saturated heterocycles. The second-order valence-electron chi connectivity index (χ2n) is 3.95. The highest BCUT2D eigenvalue weighted by Crippen LogP contribution is 1.96. The van der Waals surface area contributed by atoms with Crippen molar-refractivity contribution in [1.82, 2.24) is 10.2 Å². The first-order chi connectivity index (χ1) is 8.11. The minimum atomic E-state index is 0.00407. The highest BCUT2D eigenvalue weighted by atomic mass is 16.5. The Balaban J connectivity index is 3.83. The van der Waals surface area contributed by atoms with Crippen LogP contribution in [-0.2, 0) is 14.3 Å². The van der Waals surface area contributed by atoms with Gasteiger partial charge in [-0.1, -0.05) is 6.92 Å². The number of nitrogens with zero attached hydrogens (tertiary/aromatic N) is 1. The van der Waals surface area contributed by atoms with E-state index in [0.29, 0.717) is 32.7 Å². The third kappa shape index (κ3) is 8.68. The topological polar surface area (TPSA) is 58.6 Å². The molecule has 0 radical (unpaired) electrons. The van der Waals surface area contributed by atoms with E-state index in [1.54, 1.807) is 12.0 Å². The van der Waals surface area contributed by atoms with Gasteiger partial charge in [-0.15, -0.1) is 0 Å². The summed E-state index contributed by atoms with van der Waals surface area (Å²) in [4.78, 5) is 24.4. The molecule has 0 bridgehead atoms. The quantitative estimate of drug-likeness (QED) is 0.610. The molecule has 0 spiro atoms. The Morgan fingerprint density at radius 2 is 2.00 bits per heavy atom. The average molecular weight is 244 g/mol. The van der Waals surface area contributed by atoms with E-state index in [-0.39, 0.29) is 11.8 Å². The molecule has 0 rings (SSSR count). The van der Waals surface area contributed by atoms with Gasteiger partial charge in [-0.05, 0) is 12.8 Å². The van der Waals surface area contributed by atoms with Gasteiger partial charge in [0.15, 0.2) is 0 Å². The van der Waals surface area contributed by atoms with Crippen molar-refractivity contribution < 1.29 is 14.3 Å². The van der Waals surface area contributed by atoms with Crippen LogP contribution in [0.3, 0.4) is 0 Å². The van der Waals surface area contributed by atoms with Gasteiger partial charge in [0.05, 0.1) is 0 Å². The number of hydrogen-bond donors (Lipinski definition) is 1. The molecule has 5 nitrogen and oxygen atoms in total. The molecule has 100 valence electrons. The van der Waals surface area contributed by atoms with Crippen LogP contribution in [0.1, 0.15) is 33.1 Å². The van der Waals surface area contributed by atoms with E-state index in [1.165, 1.54) is 6.92 Å². The monoisotopic (exact) mass is 244 g/mol. The summed E-state index contributed by atoms with van der Waals surface area (Å²) in [5, 5.41) is 2.79. The predicted octanol–water partition coefficient (Wildman–Crippen LogP) is 0.788. The fraction of sp³-hybridized carbons (Fsp3) is 0.833. The van der Waals surface area contributed by atoms with Gasteiger partial charge in [0.1, 0.15) is 0 Å². The van der Waals surface area contributed by atoms with Gasteiger partial charge in [0.25, 0.3) is 0 Å². The molecule has 0 fully saturated rings. The van der Waals surface area contributed by atoms with Gasteiger partial charge >= 0.3 is 0 Å². The van der Waals surface area contributed by atoms with Crippen molar-refractivity contribution in [3.63, 3.8) is 0 Å². The van der Waals surface area contributed by atoms with Crippen molar-refractivity contribution >= 4 is 11.8 Å². The lowest BCUT2D eigenvalue weighted by Crippen LogP contribution is -2.35. The fourth-order valence-electron chi connectivity index (χ4n) is 1.42. The number of nitrogens with one attached hydrogen (secondary N) is 1. The van der Waals surface area contributed by atoms with Crippen LogP contribution in [-0.4, -0.2) is 50.1 Å².